The Labute approximate surface area is 100 Å². The Kier molecular flexibility index (Phi) is 5.37. The molecule has 0 aliphatic carbocycles. The van der Waals surface area contributed by atoms with Crippen LogP contribution in [0.15, 0.2) is 0 Å². The van der Waals surface area contributed by atoms with E-state index in [-0.39, 0.29) is 5.95 Å². The van der Waals surface area contributed by atoms with E-state index in [0.29, 0.717) is 25.0 Å². The van der Waals surface area contributed by atoms with Gasteiger partial charge in [0.25, 0.3) is 5.95 Å². The summed E-state index contributed by atoms with van der Waals surface area (Å²) < 4.78 is 0. The highest BCUT2D eigenvalue weighted by Crippen LogP contribution is 2.12. The number of hydrogen-bond donors (Lipinski definition) is 4. The molecule has 0 saturated heterocycles. The summed E-state index contributed by atoms with van der Waals surface area (Å²) in [5.74, 6) is 1.02. The molecule has 0 unspecified atom stereocenters. The van der Waals surface area contributed by atoms with Gasteiger partial charge in [-0.3, -0.25) is 5.21 Å². The second kappa shape index (κ2) is 6.81. The van der Waals surface area contributed by atoms with Crippen molar-refractivity contribution in [2.45, 2.75) is 13.8 Å². The van der Waals surface area contributed by atoms with Crippen LogP contribution in [-0.4, -0.2) is 46.3 Å². The van der Waals surface area contributed by atoms with Gasteiger partial charge in [-0.1, -0.05) is 0 Å². The summed E-state index contributed by atoms with van der Waals surface area (Å²) in [6.45, 7) is 6.61. The first-order valence-electron chi connectivity index (χ1n) is 5.60. The van der Waals surface area contributed by atoms with Gasteiger partial charge in [-0.15, -0.1) is 0 Å². The van der Waals surface area contributed by atoms with Crippen molar-refractivity contribution in [3.63, 3.8) is 0 Å². The molecule has 0 saturated carbocycles. The third kappa shape index (κ3) is 3.68. The molecule has 5 N–H and O–H groups in total. The van der Waals surface area contributed by atoms with E-state index in [0.717, 1.165) is 13.1 Å². The normalized spacial score (nSPS) is 10.1. The van der Waals surface area contributed by atoms with Crippen LogP contribution in [0.5, 0.6) is 0 Å². The van der Waals surface area contributed by atoms with Crippen LogP contribution in [0.1, 0.15) is 13.8 Å². The molecule has 1 rings (SSSR count). The second-order valence-corrected chi connectivity index (χ2v) is 3.28. The molecule has 17 heavy (non-hydrogen) atoms. The van der Waals surface area contributed by atoms with Crippen LogP contribution in [0.4, 0.5) is 17.8 Å². The number of anilines is 3. The van der Waals surface area contributed by atoms with Crippen LogP contribution in [0.2, 0.25) is 0 Å². The maximum Gasteiger partial charge on any atom is 0.253 e. The average molecular weight is 241 g/mol. The number of nitrogens with one attached hydrogen (secondary N) is 2. The van der Waals surface area contributed by atoms with Crippen LogP contribution >= 0.6 is 0 Å². The van der Waals surface area contributed by atoms with Gasteiger partial charge in [0, 0.05) is 26.2 Å². The lowest BCUT2D eigenvalue weighted by Crippen LogP contribution is -2.25. The molecule has 1 heterocycles. The summed E-state index contributed by atoms with van der Waals surface area (Å²) in [6.07, 6.45) is 0. The molecular weight excluding hydrogens is 222 g/mol. The largest absolute Gasteiger partial charge is 0.353 e. The Hall–Kier alpha value is -1.67. The fourth-order valence-corrected chi connectivity index (χ4v) is 1.33. The van der Waals surface area contributed by atoms with Gasteiger partial charge in [0.1, 0.15) is 0 Å². The maximum absolute atomic E-state index is 8.87. The lowest BCUT2D eigenvalue weighted by molar-refractivity contribution is 0.382. The van der Waals surface area contributed by atoms with Crippen molar-refractivity contribution in [3.05, 3.63) is 0 Å². The van der Waals surface area contributed by atoms with Gasteiger partial charge in [0.15, 0.2) is 0 Å². The minimum absolute atomic E-state index is 0.112. The van der Waals surface area contributed by atoms with E-state index in [2.05, 4.69) is 20.3 Å². The average Bonchev–Trinajstić information content (AvgIpc) is 2.37. The van der Waals surface area contributed by atoms with E-state index < -0.39 is 0 Å². The fraction of sp³-hybridized carbons (Fsp3) is 0.667. The summed E-state index contributed by atoms with van der Waals surface area (Å²) in [5.41, 5.74) is 7.32. The first kappa shape index (κ1) is 13.4. The molecule has 8 nitrogen and oxygen atoms in total. The Morgan fingerprint density at radius 2 is 1.82 bits per heavy atom. The van der Waals surface area contributed by atoms with Gasteiger partial charge in [0.2, 0.25) is 11.9 Å². The Morgan fingerprint density at radius 3 is 2.35 bits per heavy atom. The summed E-state index contributed by atoms with van der Waals surface area (Å²) in [7, 11) is 0. The Morgan fingerprint density at radius 1 is 1.18 bits per heavy atom. The highest BCUT2D eigenvalue weighted by molar-refractivity contribution is 5.42. The Balaban J connectivity index is 2.95. The van der Waals surface area contributed by atoms with Crippen LogP contribution in [0.25, 0.3) is 0 Å². The monoisotopic (exact) mass is 241 g/mol. The van der Waals surface area contributed by atoms with E-state index in [1.54, 1.807) is 0 Å². The molecule has 0 radical (unpaired) electrons. The van der Waals surface area contributed by atoms with Crippen molar-refractivity contribution in [2.24, 2.45) is 5.73 Å². The molecule has 0 amide bonds. The number of hydrogen-bond acceptors (Lipinski definition) is 8. The van der Waals surface area contributed by atoms with E-state index >= 15 is 0 Å². The minimum atomic E-state index is 0.112. The van der Waals surface area contributed by atoms with Crippen LogP contribution in [0, 0.1) is 0 Å². The molecular formula is C9H19N7O. The van der Waals surface area contributed by atoms with Gasteiger partial charge < -0.3 is 16.0 Å². The first-order chi connectivity index (χ1) is 8.24. The fourth-order valence-electron chi connectivity index (χ4n) is 1.33. The summed E-state index contributed by atoms with van der Waals surface area (Å²) in [5, 5.41) is 11.8. The van der Waals surface area contributed by atoms with E-state index in [1.165, 1.54) is 0 Å². The molecule has 1 aromatic rings. The van der Waals surface area contributed by atoms with Crippen LogP contribution in [-0.2, 0) is 0 Å². The van der Waals surface area contributed by atoms with Gasteiger partial charge in [-0.2, -0.15) is 15.0 Å². The molecule has 8 heteroatoms. The van der Waals surface area contributed by atoms with Crippen LogP contribution < -0.4 is 21.4 Å². The van der Waals surface area contributed by atoms with Crippen molar-refractivity contribution in [3.8, 4) is 0 Å². The van der Waals surface area contributed by atoms with Gasteiger partial charge in [-0.25, -0.2) is 5.48 Å². The zero-order valence-electron chi connectivity index (χ0n) is 10.1. The quantitative estimate of drug-likeness (QED) is 0.489. The van der Waals surface area contributed by atoms with Crippen molar-refractivity contribution >= 4 is 17.8 Å². The van der Waals surface area contributed by atoms with Crippen molar-refractivity contribution < 1.29 is 5.21 Å². The molecule has 96 valence electrons. The zero-order chi connectivity index (χ0) is 12.7. The molecule has 1 aromatic heterocycles. The highest BCUT2D eigenvalue weighted by atomic mass is 16.5. The van der Waals surface area contributed by atoms with E-state index in [1.807, 2.05) is 24.2 Å². The maximum atomic E-state index is 8.87. The van der Waals surface area contributed by atoms with Crippen LogP contribution in [0.3, 0.4) is 0 Å². The third-order valence-electron chi connectivity index (χ3n) is 2.20. The molecule has 0 aliphatic heterocycles. The predicted octanol–water partition coefficient (Wildman–Crippen LogP) is -0.110. The first-order valence-corrected chi connectivity index (χ1v) is 5.60. The number of aromatic nitrogens is 3. The number of nitrogens with two attached hydrogens (primary N) is 1. The second-order valence-electron chi connectivity index (χ2n) is 3.28. The van der Waals surface area contributed by atoms with Gasteiger partial charge >= 0.3 is 0 Å². The lowest BCUT2D eigenvalue weighted by Gasteiger charge is -2.19. The Bertz CT molecular complexity index is 342. The van der Waals surface area contributed by atoms with Crippen molar-refractivity contribution in [1.29, 1.82) is 0 Å². The van der Waals surface area contributed by atoms with E-state index in [4.69, 9.17) is 10.9 Å². The number of rotatable bonds is 7. The standard InChI is InChI=1S/C9H19N7O/c1-3-16(4-2)9-13-7(11-6-5-10)12-8(14-9)15-17/h17H,3-6,10H2,1-2H3,(H2,11,12,13,14,15). The SMILES string of the molecule is CCN(CC)c1nc(NO)nc(NCCN)n1. The zero-order valence-corrected chi connectivity index (χ0v) is 10.1. The smallest absolute Gasteiger partial charge is 0.253 e. The summed E-state index contributed by atoms with van der Waals surface area (Å²) in [4.78, 5) is 14.2. The molecule has 0 bridgehead atoms. The van der Waals surface area contributed by atoms with Crippen molar-refractivity contribution in [2.75, 3.05) is 41.9 Å². The molecule has 0 aromatic carbocycles. The van der Waals surface area contributed by atoms with E-state index in [9.17, 15) is 0 Å². The van der Waals surface area contributed by atoms with Gasteiger partial charge in [0.05, 0.1) is 0 Å². The topological polar surface area (TPSA) is 112 Å². The minimum Gasteiger partial charge on any atom is -0.353 e. The predicted molar refractivity (Wildman–Crippen MR) is 66.3 cm³/mol. The van der Waals surface area contributed by atoms with Gasteiger partial charge in [-0.05, 0) is 13.8 Å². The molecule has 0 aliphatic rings. The molecule has 0 spiro atoms. The summed E-state index contributed by atoms with van der Waals surface area (Å²) >= 11 is 0. The highest BCUT2D eigenvalue weighted by Gasteiger charge is 2.10. The number of nitrogens with zero attached hydrogens (tertiary/aromatic N) is 4. The molecule has 0 atom stereocenters. The molecule has 0 fully saturated rings. The lowest BCUT2D eigenvalue weighted by atomic mass is 10.5. The third-order valence-corrected chi connectivity index (χ3v) is 2.20. The van der Waals surface area contributed by atoms with Crippen molar-refractivity contribution in [1.82, 2.24) is 15.0 Å². The summed E-state index contributed by atoms with van der Waals surface area (Å²) in [6, 6.07) is 0.